The number of nitrogen functional groups attached to an aromatic ring is 1. The van der Waals surface area contributed by atoms with E-state index in [1.807, 2.05) is 13.2 Å². The fraction of sp³-hybridized carbons (Fsp3) is 0.250. The minimum atomic E-state index is -0.790. The maximum Gasteiger partial charge on any atom is 0.254 e. The Morgan fingerprint density at radius 3 is 3.05 bits per heavy atom. The van der Waals surface area contributed by atoms with Crippen molar-refractivity contribution in [3.05, 3.63) is 41.6 Å². The molecule has 0 fully saturated rings. The number of nitrogens with zero attached hydrogens (tertiary/aromatic N) is 3. The van der Waals surface area contributed by atoms with Crippen molar-refractivity contribution in [3.63, 3.8) is 0 Å². The summed E-state index contributed by atoms with van der Waals surface area (Å²) < 4.78 is 15.2. The van der Waals surface area contributed by atoms with Gasteiger partial charge in [0.2, 0.25) is 0 Å². The quantitative estimate of drug-likeness (QED) is 0.841. The predicted molar refractivity (Wildman–Crippen MR) is 67.9 cm³/mol. The Balaban J connectivity index is 1.93. The van der Waals surface area contributed by atoms with Crippen molar-refractivity contribution >= 4 is 11.7 Å². The maximum absolute atomic E-state index is 13.5. The molecule has 0 saturated heterocycles. The van der Waals surface area contributed by atoms with Gasteiger partial charge >= 0.3 is 0 Å². The number of rotatable bonds is 4. The third-order valence-corrected chi connectivity index (χ3v) is 2.62. The van der Waals surface area contributed by atoms with Crippen molar-refractivity contribution in [3.8, 4) is 0 Å². The van der Waals surface area contributed by atoms with Gasteiger partial charge in [-0.3, -0.25) is 9.48 Å². The first-order chi connectivity index (χ1) is 9.08. The highest BCUT2D eigenvalue weighted by Gasteiger charge is 2.13. The van der Waals surface area contributed by atoms with Crippen LogP contribution in [0.15, 0.2) is 24.7 Å². The summed E-state index contributed by atoms with van der Waals surface area (Å²) in [5.41, 5.74) is 6.20. The second-order valence-corrected chi connectivity index (χ2v) is 4.09. The molecule has 0 atom stereocenters. The molecule has 3 N–H and O–H groups in total. The van der Waals surface area contributed by atoms with Gasteiger partial charge in [0.1, 0.15) is 0 Å². The van der Waals surface area contributed by atoms with Crippen LogP contribution in [-0.2, 0) is 13.5 Å². The van der Waals surface area contributed by atoms with Gasteiger partial charge in [0, 0.05) is 26.0 Å². The van der Waals surface area contributed by atoms with Gasteiger partial charge in [-0.25, -0.2) is 9.37 Å². The summed E-state index contributed by atoms with van der Waals surface area (Å²) in [7, 11) is 1.82. The van der Waals surface area contributed by atoms with Crippen LogP contribution in [0.5, 0.6) is 0 Å². The van der Waals surface area contributed by atoms with Crippen LogP contribution in [0.4, 0.5) is 10.2 Å². The number of carbonyl (C=O) groups excluding carboxylic acids is 1. The van der Waals surface area contributed by atoms with Crippen LogP contribution in [0.2, 0.25) is 0 Å². The van der Waals surface area contributed by atoms with Gasteiger partial charge in [0.15, 0.2) is 11.6 Å². The van der Waals surface area contributed by atoms with Gasteiger partial charge in [-0.05, 0) is 18.1 Å². The third-order valence-electron chi connectivity index (χ3n) is 2.62. The van der Waals surface area contributed by atoms with Crippen LogP contribution in [0.3, 0.4) is 0 Å². The summed E-state index contributed by atoms with van der Waals surface area (Å²) in [6.07, 6.45) is 5.50. The first kappa shape index (κ1) is 13.0. The molecule has 0 radical (unpaired) electrons. The van der Waals surface area contributed by atoms with Crippen molar-refractivity contribution < 1.29 is 9.18 Å². The number of amides is 1. The zero-order valence-electron chi connectivity index (χ0n) is 10.4. The molecule has 2 aromatic rings. The third kappa shape index (κ3) is 3.06. The molecule has 0 saturated carbocycles. The lowest BCUT2D eigenvalue weighted by Gasteiger charge is -2.06. The topological polar surface area (TPSA) is 85.8 Å². The van der Waals surface area contributed by atoms with Crippen molar-refractivity contribution in [1.82, 2.24) is 20.1 Å². The highest BCUT2D eigenvalue weighted by atomic mass is 19.1. The molecule has 0 unspecified atom stereocenters. The number of carbonyl (C=O) groups is 1. The van der Waals surface area contributed by atoms with Crippen LogP contribution in [0.25, 0.3) is 0 Å². The highest BCUT2D eigenvalue weighted by Crippen LogP contribution is 2.11. The van der Waals surface area contributed by atoms with E-state index in [4.69, 9.17) is 5.73 Å². The van der Waals surface area contributed by atoms with Crippen LogP contribution in [0.1, 0.15) is 15.9 Å². The fourth-order valence-corrected chi connectivity index (χ4v) is 1.65. The Labute approximate surface area is 109 Å². The minimum absolute atomic E-state index is 0.0984. The van der Waals surface area contributed by atoms with Crippen molar-refractivity contribution in [2.45, 2.75) is 6.42 Å². The standard InChI is InChI=1S/C12H14FN5O/c1-18-7-8(6-17-18)2-4-16-12(19)9-3-5-15-11(14)10(9)13/h3,5-7H,2,4H2,1H3,(H2,14,15)(H,16,19). The van der Waals surface area contributed by atoms with E-state index in [2.05, 4.69) is 15.4 Å². The zero-order chi connectivity index (χ0) is 13.8. The Morgan fingerprint density at radius 1 is 1.58 bits per heavy atom. The summed E-state index contributed by atoms with van der Waals surface area (Å²) >= 11 is 0. The lowest BCUT2D eigenvalue weighted by atomic mass is 10.2. The fourth-order valence-electron chi connectivity index (χ4n) is 1.65. The molecule has 2 rings (SSSR count). The van der Waals surface area contributed by atoms with Crippen LogP contribution >= 0.6 is 0 Å². The molecular weight excluding hydrogens is 249 g/mol. The van der Waals surface area contributed by atoms with Gasteiger partial charge in [-0.2, -0.15) is 5.10 Å². The van der Waals surface area contributed by atoms with Gasteiger partial charge in [-0.15, -0.1) is 0 Å². The van der Waals surface area contributed by atoms with Crippen LogP contribution in [0, 0.1) is 5.82 Å². The number of nitrogens with two attached hydrogens (primary N) is 1. The van der Waals surface area contributed by atoms with Crippen molar-refractivity contribution in [2.75, 3.05) is 12.3 Å². The molecule has 0 aliphatic heterocycles. The van der Waals surface area contributed by atoms with E-state index < -0.39 is 11.7 Å². The predicted octanol–water partition coefficient (Wildman–Crippen LogP) is 0.509. The lowest BCUT2D eigenvalue weighted by Crippen LogP contribution is -2.26. The van der Waals surface area contributed by atoms with E-state index in [-0.39, 0.29) is 11.4 Å². The highest BCUT2D eigenvalue weighted by molar-refractivity contribution is 5.95. The zero-order valence-corrected chi connectivity index (χ0v) is 10.4. The van der Waals surface area contributed by atoms with E-state index in [9.17, 15) is 9.18 Å². The van der Waals surface area contributed by atoms with Gasteiger partial charge in [0.05, 0.1) is 11.8 Å². The minimum Gasteiger partial charge on any atom is -0.381 e. The second kappa shape index (κ2) is 5.47. The molecule has 7 heteroatoms. The molecule has 0 bridgehead atoms. The Hall–Kier alpha value is -2.44. The van der Waals surface area contributed by atoms with E-state index >= 15 is 0 Å². The molecule has 0 spiro atoms. The number of aryl methyl sites for hydroxylation is 1. The average Bonchev–Trinajstić information content (AvgIpc) is 2.78. The molecule has 6 nitrogen and oxygen atoms in total. The number of pyridine rings is 1. The first-order valence-corrected chi connectivity index (χ1v) is 5.73. The normalized spacial score (nSPS) is 10.4. The second-order valence-electron chi connectivity index (χ2n) is 4.09. The molecule has 0 aliphatic carbocycles. The number of nitrogens with one attached hydrogen (secondary N) is 1. The van der Waals surface area contributed by atoms with Gasteiger partial charge < -0.3 is 11.1 Å². The Morgan fingerprint density at radius 2 is 2.37 bits per heavy atom. The maximum atomic E-state index is 13.5. The van der Waals surface area contributed by atoms with Gasteiger partial charge in [-0.1, -0.05) is 0 Å². The number of hydrogen-bond donors (Lipinski definition) is 2. The van der Waals surface area contributed by atoms with E-state index in [0.717, 1.165) is 5.56 Å². The van der Waals surface area contributed by atoms with Crippen molar-refractivity contribution in [1.29, 1.82) is 0 Å². The monoisotopic (exact) mass is 263 g/mol. The number of hydrogen-bond acceptors (Lipinski definition) is 4. The smallest absolute Gasteiger partial charge is 0.254 e. The molecule has 19 heavy (non-hydrogen) atoms. The number of anilines is 1. The molecule has 2 aromatic heterocycles. The van der Waals surface area contributed by atoms with Gasteiger partial charge in [0.25, 0.3) is 5.91 Å². The Kier molecular flexibility index (Phi) is 3.74. The molecule has 0 aromatic carbocycles. The Bertz CT molecular complexity index is 596. The van der Waals surface area contributed by atoms with Crippen LogP contribution in [-0.4, -0.2) is 27.2 Å². The molecule has 1 amide bonds. The summed E-state index contributed by atoms with van der Waals surface area (Å²) in [5, 5.41) is 6.64. The molecule has 0 aliphatic rings. The number of aromatic nitrogens is 3. The SMILES string of the molecule is Cn1cc(CCNC(=O)c2ccnc(N)c2F)cn1. The largest absolute Gasteiger partial charge is 0.381 e. The first-order valence-electron chi connectivity index (χ1n) is 5.73. The van der Waals surface area contributed by atoms with E-state index in [0.29, 0.717) is 13.0 Å². The summed E-state index contributed by atoms with van der Waals surface area (Å²) in [6, 6.07) is 1.30. The summed E-state index contributed by atoms with van der Waals surface area (Å²) in [6.45, 7) is 0.395. The molecule has 100 valence electrons. The summed E-state index contributed by atoms with van der Waals surface area (Å²) in [4.78, 5) is 15.3. The molecule has 2 heterocycles. The average molecular weight is 263 g/mol. The number of halogens is 1. The van der Waals surface area contributed by atoms with Crippen LogP contribution < -0.4 is 11.1 Å². The van der Waals surface area contributed by atoms with Crippen molar-refractivity contribution in [2.24, 2.45) is 7.05 Å². The molecular formula is C12H14FN5O. The van der Waals surface area contributed by atoms with E-state index in [1.165, 1.54) is 12.3 Å². The summed E-state index contributed by atoms with van der Waals surface area (Å²) in [5.74, 6) is -1.57. The lowest BCUT2D eigenvalue weighted by molar-refractivity contribution is 0.0950. The van der Waals surface area contributed by atoms with E-state index in [1.54, 1.807) is 10.9 Å².